The van der Waals surface area contributed by atoms with Crippen molar-refractivity contribution in [3.8, 4) is 5.75 Å². The first-order chi connectivity index (χ1) is 15.7. The van der Waals surface area contributed by atoms with E-state index < -0.39 is 23.6 Å². The lowest BCUT2D eigenvalue weighted by molar-refractivity contribution is -0.137. The van der Waals surface area contributed by atoms with Gasteiger partial charge >= 0.3 is 6.18 Å². The molecule has 10 heteroatoms. The van der Waals surface area contributed by atoms with Gasteiger partial charge in [-0.05, 0) is 55.0 Å². The highest BCUT2D eigenvalue weighted by atomic mass is 19.4. The van der Waals surface area contributed by atoms with Gasteiger partial charge in [0.2, 0.25) is 0 Å². The van der Waals surface area contributed by atoms with Gasteiger partial charge in [-0.1, -0.05) is 6.07 Å². The van der Waals surface area contributed by atoms with Crippen molar-refractivity contribution >= 4 is 23.2 Å². The third kappa shape index (κ3) is 6.13. The molecule has 33 heavy (non-hydrogen) atoms. The Morgan fingerprint density at radius 2 is 1.73 bits per heavy atom. The van der Waals surface area contributed by atoms with Crippen LogP contribution in [0.15, 0.2) is 59.2 Å². The molecule has 174 valence electrons. The van der Waals surface area contributed by atoms with Gasteiger partial charge in [-0.2, -0.15) is 13.2 Å². The summed E-state index contributed by atoms with van der Waals surface area (Å²) in [4.78, 5) is 25.1. The van der Waals surface area contributed by atoms with E-state index in [1.165, 1.54) is 31.6 Å². The standard InChI is InChI=1S/C23H21F3N2O5/c1-14-5-6-15(12-17(14)27-22(30)20-4-3-9-32-20)21(29)28-18-13-16(23(24,25)26)7-8-19(18)33-11-10-31-2/h3-9,12-13H,10-11H2,1-2H3,(H,27,30)(H,28,29). The minimum Gasteiger partial charge on any atom is -0.489 e. The SMILES string of the molecule is COCCOc1ccc(C(F)(F)F)cc1NC(=O)c1ccc(C)c(NC(=O)c2ccco2)c1. The Morgan fingerprint density at radius 1 is 0.970 bits per heavy atom. The Labute approximate surface area is 187 Å². The molecule has 0 aliphatic heterocycles. The maximum atomic E-state index is 13.2. The number of aryl methyl sites for hydroxylation is 1. The molecular weight excluding hydrogens is 441 g/mol. The summed E-state index contributed by atoms with van der Waals surface area (Å²) in [6.07, 6.45) is -3.25. The fraction of sp³-hybridized carbons (Fsp3) is 0.217. The number of hydrogen-bond acceptors (Lipinski definition) is 5. The maximum Gasteiger partial charge on any atom is 0.416 e. The molecule has 2 N–H and O–H groups in total. The van der Waals surface area contributed by atoms with Gasteiger partial charge in [0.15, 0.2) is 5.76 Å². The van der Waals surface area contributed by atoms with Crippen molar-refractivity contribution < 1.29 is 36.7 Å². The van der Waals surface area contributed by atoms with Crippen LogP contribution in [0.5, 0.6) is 5.75 Å². The molecule has 3 rings (SSSR count). The number of furan rings is 1. The number of amides is 2. The average molecular weight is 462 g/mol. The number of rotatable bonds is 8. The number of benzene rings is 2. The smallest absolute Gasteiger partial charge is 0.416 e. The predicted molar refractivity (Wildman–Crippen MR) is 115 cm³/mol. The van der Waals surface area contributed by atoms with E-state index in [2.05, 4.69) is 10.6 Å². The van der Waals surface area contributed by atoms with Crippen LogP contribution in [0.4, 0.5) is 24.5 Å². The molecule has 1 aromatic heterocycles. The van der Waals surface area contributed by atoms with Gasteiger partial charge in [0.05, 0.1) is 24.1 Å². The molecule has 0 unspecified atom stereocenters. The van der Waals surface area contributed by atoms with Gasteiger partial charge in [0.25, 0.3) is 11.8 Å². The van der Waals surface area contributed by atoms with Gasteiger partial charge in [-0.25, -0.2) is 0 Å². The highest BCUT2D eigenvalue weighted by Crippen LogP contribution is 2.35. The molecule has 0 fully saturated rings. The van der Waals surface area contributed by atoms with E-state index in [9.17, 15) is 22.8 Å². The van der Waals surface area contributed by atoms with Crippen LogP contribution in [0.1, 0.15) is 32.0 Å². The number of anilines is 2. The quantitative estimate of drug-likeness (QED) is 0.453. The zero-order chi connectivity index (χ0) is 24.0. The van der Waals surface area contributed by atoms with Crippen LogP contribution in [-0.4, -0.2) is 32.1 Å². The molecule has 0 saturated heterocycles. The molecule has 3 aromatic rings. The van der Waals surface area contributed by atoms with Crippen molar-refractivity contribution in [1.82, 2.24) is 0 Å². The second-order valence-electron chi connectivity index (χ2n) is 6.97. The maximum absolute atomic E-state index is 13.2. The summed E-state index contributed by atoms with van der Waals surface area (Å²) in [5.41, 5.74) is 0.0641. The van der Waals surface area contributed by atoms with Crippen LogP contribution in [-0.2, 0) is 10.9 Å². The van der Waals surface area contributed by atoms with Crippen LogP contribution >= 0.6 is 0 Å². The van der Waals surface area contributed by atoms with E-state index in [0.717, 1.165) is 18.2 Å². The summed E-state index contributed by atoms with van der Waals surface area (Å²) in [5.74, 6) is -1.04. The minimum atomic E-state index is -4.60. The van der Waals surface area contributed by atoms with Crippen molar-refractivity contribution in [2.24, 2.45) is 0 Å². The molecule has 0 bridgehead atoms. The van der Waals surface area contributed by atoms with Gasteiger partial charge in [-0.15, -0.1) is 0 Å². The Bertz CT molecular complexity index is 1130. The largest absolute Gasteiger partial charge is 0.489 e. The molecule has 0 aliphatic rings. The molecule has 0 saturated carbocycles. The molecule has 2 amide bonds. The molecule has 0 radical (unpaired) electrons. The Morgan fingerprint density at radius 3 is 2.39 bits per heavy atom. The number of alkyl halides is 3. The minimum absolute atomic E-state index is 0.0619. The molecular formula is C23H21F3N2O5. The van der Waals surface area contributed by atoms with Crippen LogP contribution in [0.3, 0.4) is 0 Å². The third-order valence-corrected chi connectivity index (χ3v) is 4.59. The van der Waals surface area contributed by atoms with E-state index in [1.54, 1.807) is 19.1 Å². The first-order valence-corrected chi connectivity index (χ1v) is 9.79. The molecule has 0 spiro atoms. The highest BCUT2D eigenvalue weighted by Gasteiger charge is 2.31. The summed E-state index contributed by atoms with van der Waals surface area (Å²) >= 11 is 0. The third-order valence-electron chi connectivity index (χ3n) is 4.59. The first kappa shape index (κ1) is 23.9. The number of hydrogen-bond donors (Lipinski definition) is 2. The normalized spacial score (nSPS) is 11.2. The Kier molecular flexibility index (Phi) is 7.39. The summed E-state index contributed by atoms with van der Waals surface area (Å²) in [7, 11) is 1.46. The number of methoxy groups -OCH3 is 1. The van der Waals surface area contributed by atoms with Crippen molar-refractivity contribution in [2.45, 2.75) is 13.1 Å². The fourth-order valence-corrected chi connectivity index (χ4v) is 2.85. The van der Waals surface area contributed by atoms with E-state index in [0.29, 0.717) is 11.3 Å². The van der Waals surface area contributed by atoms with Crippen LogP contribution in [0.25, 0.3) is 0 Å². The lowest BCUT2D eigenvalue weighted by atomic mass is 10.1. The topological polar surface area (TPSA) is 89.8 Å². The second-order valence-corrected chi connectivity index (χ2v) is 6.97. The van der Waals surface area contributed by atoms with Gasteiger partial charge < -0.3 is 24.5 Å². The molecule has 0 aliphatic carbocycles. The number of nitrogens with one attached hydrogen (secondary N) is 2. The first-order valence-electron chi connectivity index (χ1n) is 9.79. The molecule has 1 heterocycles. The number of halogens is 3. The van der Waals surface area contributed by atoms with Gasteiger partial charge in [0, 0.05) is 18.4 Å². The van der Waals surface area contributed by atoms with Crippen LogP contribution in [0, 0.1) is 6.92 Å². The summed E-state index contributed by atoms with van der Waals surface area (Å²) in [6.45, 7) is 2.03. The Hall–Kier alpha value is -3.79. The second kappa shape index (κ2) is 10.2. The zero-order valence-corrected chi connectivity index (χ0v) is 17.8. The average Bonchev–Trinajstić information content (AvgIpc) is 3.30. The van der Waals surface area contributed by atoms with Crippen molar-refractivity contribution in [1.29, 1.82) is 0 Å². The summed E-state index contributed by atoms with van der Waals surface area (Å²) in [5, 5.41) is 5.10. The summed E-state index contributed by atoms with van der Waals surface area (Å²) in [6, 6.07) is 10.4. The monoisotopic (exact) mass is 462 g/mol. The highest BCUT2D eigenvalue weighted by molar-refractivity contribution is 6.07. The number of carbonyl (C=O) groups excluding carboxylic acids is 2. The summed E-state index contributed by atoms with van der Waals surface area (Å²) < 4.78 is 54.9. The van der Waals surface area contributed by atoms with Gasteiger partial charge in [0.1, 0.15) is 12.4 Å². The number of carbonyl (C=O) groups is 2. The molecule has 0 atom stereocenters. The van der Waals surface area contributed by atoms with E-state index in [-0.39, 0.29) is 36.0 Å². The van der Waals surface area contributed by atoms with E-state index in [1.807, 2.05) is 0 Å². The lowest BCUT2D eigenvalue weighted by Crippen LogP contribution is -2.17. The molecule has 2 aromatic carbocycles. The van der Waals surface area contributed by atoms with E-state index in [4.69, 9.17) is 13.9 Å². The van der Waals surface area contributed by atoms with Crippen molar-refractivity contribution in [3.05, 3.63) is 77.2 Å². The van der Waals surface area contributed by atoms with E-state index >= 15 is 0 Å². The fourth-order valence-electron chi connectivity index (χ4n) is 2.85. The Balaban J connectivity index is 1.84. The predicted octanol–water partition coefficient (Wildman–Crippen LogP) is 5.14. The van der Waals surface area contributed by atoms with Gasteiger partial charge in [-0.3, -0.25) is 9.59 Å². The lowest BCUT2D eigenvalue weighted by Gasteiger charge is -2.16. The zero-order valence-electron chi connectivity index (χ0n) is 17.8. The van der Waals surface area contributed by atoms with Crippen molar-refractivity contribution in [2.75, 3.05) is 31.0 Å². The van der Waals surface area contributed by atoms with Crippen LogP contribution < -0.4 is 15.4 Å². The molecule has 7 nitrogen and oxygen atoms in total. The van der Waals surface area contributed by atoms with Crippen molar-refractivity contribution in [3.63, 3.8) is 0 Å². The van der Waals surface area contributed by atoms with Crippen LogP contribution in [0.2, 0.25) is 0 Å². The number of ether oxygens (including phenoxy) is 2.